The van der Waals surface area contributed by atoms with Crippen LogP contribution in [0.25, 0.3) is 22.5 Å². The Kier molecular flexibility index (Phi) is 5.96. The largest absolute Gasteiger partial charge is 0.496 e. The third-order valence-corrected chi connectivity index (χ3v) is 5.56. The van der Waals surface area contributed by atoms with Crippen LogP contribution in [0, 0.1) is 6.92 Å². The molecule has 0 spiro atoms. The second-order valence-corrected chi connectivity index (χ2v) is 7.87. The van der Waals surface area contributed by atoms with Gasteiger partial charge in [-0.25, -0.2) is 4.98 Å². The molecular formula is C24H27N5O3. The predicted molar refractivity (Wildman–Crippen MR) is 123 cm³/mol. The van der Waals surface area contributed by atoms with E-state index < -0.39 is 0 Å². The molecule has 0 aliphatic heterocycles. The zero-order valence-electron chi connectivity index (χ0n) is 18.9. The first-order valence-corrected chi connectivity index (χ1v) is 10.4. The van der Waals surface area contributed by atoms with Crippen LogP contribution in [0.4, 0.5) is 0 Å². The van der Waals surface area contributed by atoms with Gasteiger partial charge in [0.05, 0.1) is 36.1 Å². The number of methoxy groups -OCH3 is 1. The zero-order chi connectivity index (χ0) is 22.8. The van der Waals surface area contributed by atoms with Crippen molar-refractivity contribution in [3.63, 3.8) is 0 Å². The van der Waals surface area contributed by atoms with Crippen LogP contribution in [0.15, 0.2) is 53.1 Å². The molecule has 0 saturated carbocycles. The Balaban J connectivity index is 1.69. The molecule has 1 unspecified atom stereocenters. The molecule has 0 bridgehead atoms. The summed E-state index contributed by atoms with van der Waals surface area (Å²) in [6.45, 7) is 2.29. The molecule has 1 aromatic carbocycles. The monoisotopic (exact) mass is 433 g/mol. The molecule has 4 rings (SSSR count). The number of aryl methyl sites for hydroxylation is 2. The normalized spacial score (nSPS) is 12.3. The number of para-hydroxylation sites is 1. The van der Waals surface area contributed by atoms with Gasteiger partial charge in [-0.1, -0.05) is 18.2 Å². The number of nitrogens with one attached hydrogen (secondary N) is 1. The summed E-state index contributed by atoms with van der Waals surface area (Å²) in [5, 5.41) is 8.30. The average Bonchev–Trinajstić information content (AvgIpc) is 3.42. The topological polar surface area (TPSA) is 85.4 Å². The first-order chi connectivity index (χ1) is 15.4. The van der Waals surface area contributed by atoms with E-state index >= 15 is 0 Å². The Hall–Kier alpha value is -3.65. The molecule has 1 atom stereocenters. The number of ether oxygens (including phenoxy) is 1. The van der Waals surface area contributed by atoms with Gasteiger partial charge in [-0.15, -0.1) is 0 Å². The summed E-state index contributed by atoms with van der Waals surface area (Å²) in [4.78, 5) is 20.1. The highest BCUT2D eigenvalue weighted by Gasteiger charge is 2.23. The summed E-state index contributed by atoms with van der Waals surface area (Å²) in [6.07, 6.45) is 1.59. The molecule has 0 radical (unpaired) electrons. The van der Waals surface area contributed by atoms with E-state index in [1.807, 2.05) is 58.4 Å². The Labute approximate surface area is 186 Å². The van der Waals surface area contributed by atoms with Crippen molar-refractivity contribution in [2.24, 2.45) is 7.05 Å². The van der Waals surface area contributed by atoms with Crippen LogP contribution in [0.5, 0.6) is 5.75 Å². The lowest BCUT2D eigenvalue weighted by Crippen LogP contribution is -2.35. The number of furan rings is 1. The molecule has 0 fully saturated rings. The van der Waals surface area contributed by atoms with Gasteiger partial charge in [0.25, 0.3) is 5.91 Å². The lowest BCUT2D eigenvalue weighted by atomic mass is 10.0. The zero-order valence-corrected chi connectivity index (χ0v) is 18.9. The van der Waals surface area contributed by atoms with Gasteiger partial charge >= 0.3 is 0 Å². The Bertz CT molecular complexity index is 1240. The number of aromatic nitrogens is 3. The van der Waals surface area contributed by atoms with E-state index in [2.05, 4.69) is 20.3 Å². The Morgan fingerprint density at radius 1 is 1.25 bits per heavy atom. The molecule has 3 aromatic heterocycles. The van der Waals surface area contributed by atoms with Gasteiger partial charge in [0.15, 0.2) is 11.4 Å². The van der Waals surface area contributed by atoms with Crippen LogP contribution in [0.3, 0.4) is 0 Å². The SMILES string of the molecule is COc1ccccc1C(CNC(=O)c1cc(-c2ccco2)nc2c1c(C)nn2C)N(C)C. The second kappa shape index (κ2) is 8.84. The van der Waals surface area contributed by atoms with Crippen LogP contribution in [0.2, 0.25) is 0 Å². The van der Waals surface area contributed by atoms with E-state index in [0.717, 1.165) is 22.4 Å². The summed E-state index contributed by atoms with van der Waals surface area (Å²) < 4.78 is 12.7. The van der Waals surface area contributed by atoms with Crippen molar-refractivity contribution in [2.75, 3.05) is 27.7 Å². The van der Waals surface area contributed by atoms with Crippen molar-refractivity contribution < 1.29 is 13.9 Å². The Morgan fingerprint density at radius 2 is 2.03 bits per heavy atom. The molecule has 8 heteroatoms. The summed E-state index contributed by atoms with van der Waals surface area (Å²) >= 11 is 0. The number of likely N-dealkylation sites (N-methyl/N-ethyl adjacent to an activating group) is 1. The fraction of sp³-hybridized carbons (Fsp3) is 0.292. The van der Waals surface area contributed by atoms with Crippen LogP contribution in [0.1, 0.15) is 27.7 Å². The van der Waals surface area contributed by atoms with Crippen LogP contribution >= 0.6 is 0 Å². The van der Waals surface area contributed by atoms with E-state index in [1.54, 1.807) is 30.2 Å². The van der Waals surface area contributed by atoms with E-state index in [1.165, 1.54) is 0 Å². The van der Waals surface area contributed by atoms with Crippen LogP contribution in [-0.2, 0) is 7.05 Å². The number of hydrogen-bond donors (Lipinski definition) is 1. The third-order valence-electron chi connectivity index (χ3n) is 5.56. The van der Waals surface area contributed by atoms with Crippen molar-refractivity contribution in [2.45, 2.75) is 13.0 Å². The van der Waals surface area contributed by atoms with Gasteiger partial charge < -0.3 is 19.4 Å². The molecule has 4 aromatic rings. The van der Waals surface area contributed by atoms with Crippen molar-refractivity contribution in [1.82, 2.24) is 25.0 Å². The highest BCUT2D eigenvalue weighted by molar-refractivity contribution is 6.07. The highest BCUT2D eigenvalue weighted by atomic mass is 16.5. The van der Waals surface area contributed by atoms with E-state index in [-0.39, 0.29) is 11.9 Å². The van der Waals surface area contributed by atoms with Crippen molar-refractivity contribution in [3.05, 3.63) is 65.5 Å². The highest BCUT2D eigenvalue weighted by Crippen LogP contribution is 2.29. The fourth-order valence-corrected chi connectivity index (χ4v) is 3.97. The molecule has 1 amide bonds. The minimum absolute atomic E-state index is 0.0630. The standard InChI is InChI=1S/C24H27N5O3/c1-15-22-17(13-18(21-11-8-12-32-21)26-23(22)29(4)27-15)24(30)25-14-19(28(2)3)16-9-6-7-10-20(16)31-5/h6-13,19H,14H2,1-5H3,(H,25,30). The number of rotatable bonds is 7. The van der Waals surface area contributed by atoms with E-state index in [9.17, 15) is 4.79 Å². The predicted octanol–water partition coefficient (Wildman–Crippen LogP) is 3.58. The number of pyridine rings is 1. The fourth-order valence-electron chi connectivity index (χ4n) is 3.97. The lowest BCUT2D eigenvalue weighted by Gasteiger charge is -2.26. The van der Waals surface area contributed by atoms with Gasteiger partial charge in [-0.2, -0.15) is 5.10 Å². The van der Waals surface area contributed by atoms with E-state index in [0.29, 0.717) is 29.2 Å². The molecule has 0 saturated heterocycles. The number of benzene rings is 1. The van der Waals surface area contributed by atoms with Gasteiger partial charge in [-0.3, -0.25) is 9.48 Å². The quantitative estimate of drug-likeness (QED) is 0.480. The molecule has 1 N–H and O–H groups in total. The molecule has 0 aliphatic rings. The first-order valence-electron chi connectivity index (χ1n) is 10.4. The van der Waals surface area contributed by atoms with Crippen LogP contribution < -0.4 is 10.1 Å². The van der Waals surface area contributed by atoms with Gasteiger partial charge in [0.2, 0.25) is 0 Å². The number of amides is 1. The number of carbonyl (C=O) groups is 1. The minimum Gasteiger partial charge on any atom is -0.496 e. The number of nitrogens with zero attached hydrogens (tertiary/aromatic N) is 4. The maximum Gasteiger partial charge on any atom is 0.252 e. The summed E-state index contributed by atoms with van der Waals surface area (Å²) in [5.74, 6) is 1.19. The van der Waals surface area contributed by atoms with Crippen molar-refractivity contribution in [3.8, 4) is 17.2 Å². The molecular weight excluding hydrogens is 406 g/mol. The van der Waals surface area contributed by atoms with Crippen molar-refractivity contribution >= 4 is 16.9 Å². The second-order valence-electron chi connectivity index (χ2n) is 7.87. The summed E-state index contributed by atoms with van der Waals surface area (Å²) in [6, 6.07) is 13.2. The molecule has 3 heterocycles. The average molecular weight is 434 g/mol. The maximum atomic E-state index is 13.4. The van der Waals surface area contributed by atoms with Gasteiger partial charge in [-0.05, 0) is 45.3 Å². The number of hydrogen-bond acceptors (Lipinski definition) is 6. The maximum absolute atomic E-state index is 13.4. The summed E-state index contributed by atoms with van der Waals surface area (Å²) in [5.41, 5.74) is 3.50. The minimum atomic E-state index is -0.192. The van der Waals surface area contributed by atoms with Gasteiger partial charge in [0.1, 0.15) is 11.4 Å². The smallest absolute Gasteiger partial charge is 0.252 e. The van der Waals surface area contributed by atoms with Gasteiger partial charge in [0, 0.05) is 19.2 Å². The number of fused-ring (bicyclic) bond motifs is 1. The molecule has 32 heavy (non-hydrogen) atoms. The molecule has 8 nitrogen and oxygen atoms in total. The number of carbonyl (C=O) groups excluding carboxylic acids is 1. The Morgan fingerprint density at radius 3 is 2.72 bits per heavy atom. The first kappa shape index (κ1) is 21.6. The van der Waals surface area contributed by atoms with Crippen LogP contribution in [-0.4, -0.2) is 53.3 Å². The molecule has 0 aliphatic carbocycles. The third kappa shape index (κ3) is 3.97. The molecule has 166 valence electrons. The lowest BCUT2D eigenvalue weighted by molar-refractivity contribution is 0.0943. The van der Waals surface area contributed by atoms with E-state index in [4.69, 9.17) is 9.15 Å². The summed E-state index contributed by atoms with van der Waals surface area (Å²) in [7, 11) is 7.43. The van der Waals surface area contributed by atoms with Crippen molar-refractivity contribution in [1.29, 1.82) is 0 Å².